The number of benzene rings is 1. The lowest BCUT2D eigenvalue weighted by Gasteiger charge is -1.88. The lowest BCUT2D eigenvalue weighted by atomic mass is 10.2. The summed E-state index contributed by atoms with van der Waals surface area (Å²) >= 11 is 0. The Bertz CT molecular complexity index is 587. The highest BCUT2D eigenvalue weighted by atomic mass is 16.5. The van der Waals surface area contributed by atoms with E-state index >= 15 is 0 Å². The third-order valence-electron chi connectivity index (χ3n) is 2.31. The Hall–Kier alpha value is -2.16. The fraction of sp³-hybridized carbons (Fsp3) is 0. The average Bonchev–Trinajstić information content (AvgIpc) is 2.74. The Morgan fingerprint density at radius 1 is 0.933 bits per heavy atom. The first-order chi connectivity index (χ1) is 7.45. The Morgan fingerprint density at radius 2 is 1.73 bits per heavy atom. The molecule has 0 amide bonds. The first-order valence-electron chi connectivity index (χ1n) is 4.77. The fourth-order valence-electron chi connectivity index (χ4n) is 1.59. The Labute approximate surface area is 86.6 Å². The monoisotopic (exact) mass is 197 g/mol. The van der Waals surface area contributed by atoms with Crippen molar-refractivity contribution in [3.8, 4) is 11.4 Å². The highest BCUT2D eigenvalue weighted by molar-refractivity contribution is 5.51. The van der Waals surface area contributed by atoms with Crippen LogP contribution in [0.1, 0.15) is 0 Å². The van der Waals surface area contributed by atoms with Crippen LogP contribution < -0.4 is 4.40 Å². The minimum atomic E-state index is 0.747. The number of fused-ring (bicyclic) bond motifs is 1. The molecule has 15 heavy (non-hydrogen) atoms. The van der Waals surface area contributed by atoms with Gasteiger partial charge in [0.15, 0.2) is 5.16 Å². The minimum absolute atomic E-state index is 0.747. The molecule has 0 bridgehead atoms. The van der Waals surface area contributed by atoms with E-state index in [4.69, 9.17) is 4.52 Å². The van der Waals surface area contributed by atoms with Gasteiger partial charge < -0.3 is 0 Å². The highest BCUT2D eigenvalue weighted by Crippen LogP contribution is 2.13. The molecular weight excluding hydrogens is 188 g/mol. The molecule has 3 rings (SSSR count). The van der Waals surface area contributed by atoms with Crippen LogP contribution in [0.5, 0.6) is 0 Å². The van der Waals surface area contributed by atoms with Gasteiger partial charge in [-0.3, -0.25) is 0 Å². The Balaban J connectivity index is 2.28. The van der Waals surface area contributed by atoms with Crippen molar-refractivity contribution in [1.29, 1.82) is 0 Å². The quantitative estimate of drug-likeness (QED) is 0.559. The standard InChI is InChI=1S/C12H9N2O/c1-2-6-10(7-3-1)12-13-15-11-8-4-5-9-14(11)12/h1-9H/q+1. The third kappa shape index (κ3) is 1.29. The number of pyridine rings is 1. The summed E-state index contributed by atoms with van der Waals surface area (Å²) in [5, 5.41) is 4.05. The second-order valence-electron chi connectivity index (χ2n) is 3.28. The summed E-state index contributed by atoms with van der Waals surface area (Å²) in [6.45, 7) is 0. The van der Waals surface area contributed by atoms with Gasteiger partial charge in [0.05, 0.1) is 5.56 Å². The van der Waals surface area contributed by atoms with Gasteiger partial charge in [0.2, 0.25) is 0 Å². The second-order valence-corrected chi connectivity index (χ2v) is 3.28. The predicted octanol–water partition coefficient (Wildman–Crippen LogP) is 2.08. The minimum Gasteiger partial charge on any atom is -0.212 e. The van der Waals surface area contributed by atoms with Crippen molar-refractivity contribution in [3.63, 3.8) is 0 Å². The van der Waals surface area contributed by atoms with Crippen molar-refractivity contribution in [2.45, 2.75) is 0 Å². The Morgan fingerprint density at radius 3 is 2.60 bits per heavy atom. The first-order valence-corrected chi connectivity index (χ1v) is 4.77. The van der Waals surface area contributed by atoms with Crippen molar-refractivity contribution in [1.82, 2.24) is 5.16 Å². The maximum absolute atomic E-state index is 5.22. The molecule has 0 unspecified atom stereocenters. The molecule has 0 N–H and O–H groups in total. The lowest BCUT2D eigenvalue weighted by Crippen LogP contribution is -2.20. The molecule has 0 aliphatic carbocycles. The molecule has 0 spiro atoms. The molecular formula is C12H9N2O+. The van der Waals surface area contributed by atoms with Crippen molar-refractivity contribution in [2.24, 2.45) is 0 Å². The van der Waals surface area contributed by atoms with Gasteiger partial charge in [-0.25, -0.2) is 4.52 Å². The molecule has 0 saturated carbocycles. The van der Waals surface area contributed by atoms with Crippen LogP contribution in [0.15, 0.2) is 59.3 Å². The van der Waals surface area contributed by atoms with Gasteiger partial charge in [0.25, 0.3) is 0 Å². The summed E-state index contributed by atoms with van der Waals surface area (Å²) in [6, 6.07) is 15.7. The molecule has 1 aromatic carbocycles. The van der Waals surface area contributed by atoms with E-state index in [1.54, 1.807) is 0 Å². The zero-order valence-electron chi connectivity index (χ0n) is 8.00. The molecule has 0 saturated heterocycles. The zero-order valence-corrected chi connectivity index (χ0v) is 8.00. The summed E-state index contributed by atoms with van der Waals surface area (Å²) in [5.41, 5.74) is 1.80. The van der Waals surface area contributed by atoms with Crippen LogP contribution in [-0.2, 0) is 0 Å². The number of rotatable bonds is 1. The molecule has 72 valence electrons. The molecule has 0 fully saturated rings. The largest absolute Gasteiger partial charge is 0.385 e. The molecule has 2 heterocycles. The number of hydrogen-bond donors (Lipinski definition) is 0. The SMILES string of the molecule is c1ccc(-c2noc3cccc[n+]23)cc1. The maximum atomic E-state index is 5.22. The lowest BCUT2D eigenvalue weighted by molar-refractivity contribution is -0.502. The number of nitrogens with zero attached hydrogens (tertiary/aromatic N) is 2. The van der Waals surface area contributed by atoms with Crippen LogP contribution in [0.2, 0.25) is 0 Å². The second kappa shape index (κ2) is 3.20. The van der Waals surface area contributed by atoms with Crippen LogP contribution in [-0.4, -0.2) is 5.16 Å². The van der Waals surface area contributed by atoms with E-state index in [0.717, 1.165) is 17.1 Å². The predicted molar refractivity (Wildman–Crippen MR) is 55.1 cm³/mol. The van der Waals surface area contributed by atoms with Gasteiger partial charge in [-0.05, 0) is 18.2 Å². The van der Waals surface area contributed by atoms with Gasteiger partial charge in [0, 0.05) is 6.07 Å². The van der Waals surface area contributed by atoms with Crippen molar-refractivity contribution in [2.75, 3.05) is 0 Å². The van der Waals surface area contributed by atoms with Crippen LogP contribution in [0.3, 0.4) is 0 Å². The van der Waals surface area contributed by atoms with Crippen molar-refractivity contribution < 1.29 is 8.92 Å². The Kier molecular flexibility index (Phi) is 1.75. The van der Waals surface area contributed by atoms with Crippen LogP contribution >= 0.6 is 0 Å². The summed E-state index contributed by atoms with van der Waals surface area (Å²) in [4.78, 5) is 0. The van der Waals surface area contributed by atoms with Crippen molar-refractivity contribution >= 4 is 5.71 Å². The van der Waals surface area contributed by atoms with E-state index in [9.17, 15) is 0 Å². The van der Waals surface area contributed by atoms with Crippen LogP contribution in [0, 0.1) is 0 Å². The molecule has 0 atom stereocenters. The number of aromatic nitrogens is 2. The smallest absolute Gasteiger partial charge is 0.212 e. The molecule has 2 aromatic heterocycles. The summed E-state index contributed by atoms with van der Waals surface area (Å²) in [6.07, 6.45) is 1.94. The van der Waals surface area contributed by atoms with Crippen molar-refractivity contribution in [3.05, 3.63) is 54.7 Å². The average molecular weight is 197 g/mol. The summed E-state index contributed by atoms with van der Waals surface area (Å²) in [5.74, 6) is 0.825. The molecule has 0 radical (unpaired) electrons. The van der Waals surface area contributed by atoms with Crippen LogP contribution in [0.25, 0.3) is 17.1 Å². The van der Waals surface area contributed by atoms with Gasteiger partial charge in [-0.2, -0.15) is 4.40 Å². The molecule has 3 nitrogen and oxygen atoms in total. The molecule has 0 aliphatic heterocycles. The van der Waals surface area contributed by atoms with Gasteiger partial charge >= 0.3 is 11.5 Å². The highest BCUT2D eigenvalue weighted by Gasteiger charge is 2.18. The van der Waals surface area contributed by atoms with E-state index in [0.29, 0.717) is 0 Å². The van der Waals surface area contributed by atoms with E-state index in [2.05, 4.69) is 5.16 Å². The van der Waals surface area contributed by atoms with Gasteiger partial charge in [-0.1, -0.05) is 24.3 Å². The maximum Gasteiger partial charge on any atom is 0.385 e. The molecule has 3 aromatic rings. The first kappa shape index (κ1) is 8.17. The molecule has 3 heteroatoms. The number of hydrogen-bond acceptors (Lipinski definition) is 2. The van der Waals surface area contributed by atoms with Crippen LogP contribution in [0.4, 0.5) is 0 Å². The summed E-state index contributed by atoms with van der Waals surface area (Å²) in [7, 11) is 0. The third-order valence-corrected chi connectivity index (χ3v) is 2.31. The fourth-order valence-corrected chi connectivity index (χ4v) is 1.59. The summed E-state index contributed by atoms with van der Waals surface area (Å²) < 4.78 is 7.14. The topological polar surface area (TPSA) is 30.1 Å². The van der Waals surface area contributed by atoms with E-state index < -0.39 is 0 Å². The van der Waals surface area contributed by atoms with E-state index in [1.165, 1.54) is 0 Å². The zero-order chi connectivity index (χ0) is 10.1. The van der Waals surface area contributed by atoms with E-state index in [1.807, 2.05) is 59.1 Å². The van der Waals surface area contributed by atoms with E-state index in [-0.39, 0.29) is 0 Å². The molecule has 0 aliphatic rings. The van der Waals surface area contributed by atoms with Gasteiger partial charge in [0.1, 0.15) is 6.20 Å². The van der Waals surface area contributed by atoms with Gasteiger partial charge in [-0.15, -0.1) is 0 Å². The normalized spacial score (nSPS) is 10.7.